The van der Waals surface area contributed by atoms with E-state index >= 15 is 0 Å². The zero-order chi connectivity index (χ0) is 109. The second-order valence-corrected chi connectivity index (χ2v) is 34.8. The fourth-order valence-electron chi connectivity index (χ4n) is 14.7. The number of nitrogens with zero attached hydrogens (tertiary/aromatic N) is 7. The molecule has 0 aliphatic carbocycles. The molecule has 0 radical (unpaired) electrons. The average Bonchev–Trinajstić information content (AvgIpc) is 0.813. The molecular formula is C114H193Br2Cl4FN7O14+7. The highest BCUT2D eigenvalue weighted by Crippen LogP contribution is 2.18. The Morgan fingerprint density at radius 2 is 0.331 bits per heavy atom. The van der Waals surface area contributed by atoms with Crippen molar-refractivity contribution in [2.24, 2.45) is 0 Å². The predicted molar refractivity (Wildman–Crippen MR) is 607 cm³/mol. The number of esters is 7. The monoisotopic (exact) mass is 2200 g/mol. The van der Waals surface area contributed by atoms with E-state index in [9.17, 15) is 38.0 Å². The third kappa shape index (κ3) is 72.0. The Bertz CT molecular complexity index is 3810. The molecule has 7 aromatic rings. The first-order valence-corrected chi connectivity index (χ1v) is 56.6. The highest BCUT2D eigenvalue weighted by Gasteiger charge is 2.29. The maximum Gasteiger partial charge on any atom is 0.338 e. The van der Waals surface area contributed by atoms with E-state index in [4.69, 9.17) is 33.2 Å². The van der Waals surface area contributed by atoms with E-state index in [0.29, 0.717) is 92.4 Å². The van der Waals surface area contributed by atoms with Crippen molar-refractivity contribution >= 4 is 120 Å². The quantitative estimate of drug-likeness (QED) is 0.0152. The number of likely N-dealkylation sites (N-methyl/N-ethyl adjacent to an activating group) is 7. The molecule has 0 saturated heterocycles. The first-order valence-electron chi connectivity index (χ1n) is 50.4. The van der Waals surface area contributed by atoms with Crippen molar-refractivity contribution in [1.82, 2.24) is 0 Å². The summed E-state index contributed by atoms with van der Waals surface area (Å²) in [5.74, 6) is 2.04. The van der Waals surface area contributed by atoms with Crippen LogP contribution in [-0.4, -0.2) is 350 Å². The van der Waals surface area contributed by atoms with Gasteiger partial charge in [0.1, 0.15) is 92.1 Å². The van der Waals surface area contributed by atoms with E-state index in [-0.39, 0.29) is 41.8 Å². The van der Waals surface area contributed by atoms with Crippen LogP contribution in [0.1, 0.15) is 228 Å². The number of carbonyl (C=O) groups excluding carboxylic acids is 7. The van der Waals surface area contributed by atoms with Gasteiger partial charge in [0.25, 0.3) is 0 Å². The predicted octanol–water partition coefficient (Wildman–Crippen LogP) is 25.8. The first-order chi connectivity index (χ1) is 68.3. The summed E-state index contributed by atoms with van der Waals surface area (Å²) in [7, 11) is 12.9. The molecule has 0 saturated carbocycles. The van der Waals surface area contributed by atoms with Crippen molar-refractivity contribution in [1.29, 1.82) is 0 Å². The number of alkyl halides is 7. The van der Waals surface area contributed by atoms with Crippen molar-refractivity contribution in [3.8, 4) is 0 Å². The summed E-state index contributed by atoms with van der Waals surface area (Å²) in [5.41, 5.74) is 4.37. The van der Waals surface area contributed by atoms with Gasteiger partial charge in [-0.3, -0.25) is 4.39 Å². The number of hydrogen-bond acceptors (Lipinski definition) is 14. The molecule has 7 aromatic carbocycles. The third-order valence-electron chi connectivity index (χ3n) is 23.9. The molecule has 0 N–H and O–H groups in total. The van der Waals surface area contributed by atoms with Crippen molar-refractivity contribution in [2.75, 3.05) is 277 Å². The van der Waals surface area contributed by atoms with Crippen LogP contribution in [-0.2, 0) is 33.2 Å². The number of benzene rings is 7. The highest BCUT2D eigenvalue weighted by atomic mass is 79.9. The van der Waals surface area contributed by atoms with Crippen molar-refractivity contribution in [3.63, 3.8) is 0 Å². The van der Waals surface area contributed by atoms with E-state index in [1.807, 2.05) is 139 Å². The van der Waals surface area contributed by atoms with E-state index < -0.39 is 0 Å². The minimum absolute atomic E-state index is 0.211. The number of ether oxygens (including phenoxy) is 7. The van der Waals surface area contributed by atoms with Crippen LogP contribution in [0.4, 0.5) is 4.39 Å². The molecule has 21 nitrogen and oxygen atoms in total. The maximum absolute atomic E-state index is 12.0. The summed E-state index contributed by atoms with van der Waals surface area (Å²) < 4.78 is 53.6. The number of quaternary nitrogens is 7. The topological polar surface area (TPSA) is 184 Å². The van der Waals surface area contributed by atoms with Gasteiger partial charge in [-0.05, 0) is 197 Å². The normalized spacial score (nSPS) is 11.1. The second-order valence-electron chi connectivity index (χ2n) is 34.8. The summed E-state index contributed by atoms with van der Waals surface area (Å²) in [4.78, 5) is 82.4. The van der Waals surface area contributed by atoms with Crippen molar-refractivity contribution in [2.45, 2.75) is 155 Å². The van der Waals surface area contributed by atoms with Gasteiger partial charge < -0.3 is 64.5 Å². The Balaban J connectivity index is -0.000000294. The fourth-order valence-corrected chi connectivity index (χ4v) is 14.7. The van der Waals surface area contributed by atoms with Crippen LogP contribution in [0.5, 0.6) is 0 Å². The number of carbonyl (C=O) groups is 7. The van der Waals surface area contributed by atoms with E-state index in [1.54, 1.807) is 84.9 Å². The van der Waals surface area contributed by atoms with Gasteiger partial charge in [-0.25, -0.2) is 33.6 Å². The average molecular weight is 2210 g/mol. The largest absolute Gasteiger partial charge is 0.456 e. The van der Waals surface area contributed by atoms with Gasteiger partial charge in [-0.1, -0.05) is 214 Å². The Labute approximate surface area is 899 Å². The molecule has 28 heteroatoms. The first kappa shape index (κ1) is 148. The van der Waals surface area contributed by atoms with Crippen LogP contribution in [0.25, 0.3) is 0 Å². The maximum atomic E-state index is 12.0. The van der Waals surface area contributed by atoms with Gasteiger partial charge in [0.2, 0.25) is 0 Å². The molecule has 7 rings (SSSR count). The minimum Gasteiger partial charge on any atom is -0.456 e. The molecule has 0 amide bonds. The number of hydrogen-bond donors (Lipinski definition) is 0. The van der Waals surface area contributed by atoms with Crippen LogP contribution in [0, 0.1) is 0 Å². The van der Waals surface area contributed by atoms with Crippen LogP contribution >= 0.6 is 78.3 Å². The van der Waals surface area contributed by atoms with Crippen LogP contribution < -0.4 is 0 Å². The smallest absolute Gasteiger partial charge is 0.338 e. The standard InChI is InChI=1S/2C18H30NO2.C17H28NO2.2C15H24NO2.2C12H18NO2.2CH3Br.4CH3Cl.CH3F/c2*1-4-7-14-19(6-3,13-5-2)15-16-21-18(20)17-11-9-8-10-12-17;1-4-12-18(6-3,13-5-2)14-15-20-17(19)16-10-8-7-9-11-16;2*1-4-16(5-2,6-3)12-13-18-15(17)14-10-8-7-9-11-14;2*1-13(2,3)9-10-15-12(14)11-7-5-4-6-8-11;7*1-2/h2*8-12H,4-7,13-16H2,1-3H3;7-11H,4-6,12-15H2,1-3H3;2*7-11H,4-6,12-13H2,1-3H3;2*4-8H,9-10H2,1-3H3;7*1H3/q7*+1;;;;;;;. The third-order valence-corrected chi connectivity index (χ3v) is 23.9. The summed E-state index contributed by atoms with van der Waals surface area (Å²) >= 11 is 24.4. The van der Waals surface area contributed by atoms with Crippen LogP contribution in [0.15, 0.2) is 212 Å². The summed E-state index contributed by atoms with van der Waals surface area (Å²) in [5, 5.41) is 0. The fraction of sp³-hybridized carbons (Fsp3) is 0.570. The van der Waals surface area contributed by atoms with Crippen molar-refractivity contribution < 1.29 is 102 Å². The lowest BCUT2D eigenvalue weighted by Gasteiger charge is -2.37. The zero-order valence-corrected chi connectivity index (χ0v) is 99.1. The molecule has 0 heterocycles. The highest BCUT2D eigenvalue weighted by molar-refractivity contribution is 9.09. The number of halogens is 7. The minimum atomic E-state index is -0.246. The van der Waals surface area contributed by atoms with Crippen molar-refractivity contribution in [3.05, 3.63) is 251 Å². The molecule has 0 bridgehead atoms. The molecule has 0 aromatic heterocycles. The molecule has 0 aliphatic rings. The van der Waals surface area contributed by atoms with Gasteiger partial charge in [-0.15, -0.1) is 46.4 Å². The van der Waals surface area contributed by atoms with Gasteiger partial charge in [-0.2, -0.15) is 0 Å². The lowest BCUT2D eigenvalue weighted by molar-refractivity contribution is -0.926. The van der Waals surface area contributed by atoms with Gasteiger partial charge >= 0.3 is 41.8 Å². The van der Waals surface area contributed by atoms with Crippen LogP contribution in [0.3, 0.4) is 0 Å². The van der Waals surface area contributed by atoms with E-state index in [2.05, 4.69) is 224 Å². The van der Waals surface area contributed by atoms with Gasteiger partial charge in [0.05, 0.1) is 187 Å². The van der Waals surface area contributed by atoms with Crippen LogP contribution in [0.2, 0.25) is 0 Å². The Morgan fingerprint density at radius 3 is 0.451 bits per heavy atom. The molecule has 0 spiro atoms. The Kier molecular flexibility index (Phi) is 101. The molecule has 0 fully saturated rings. The zero-order valence-electron chi connectivity index (χ0n) is 92.9. The molecule has 810 valence electrons. The number of rotatable bonds is 51. The molecular weight excluding hydrogens is 2010 g/mol. The van der Waals surface area contributed by atoms with Gasteiger partial charge in [0.15, 0.2) is 0 Å². The van der Waals surface area contributed by atoms with E-state index in [1.165, 1.54) is 103 Å². The lowest BCUT2D eigenvalue weighted by Crippen LogP contribution is -2.51. The second kappa shape index (κ2) is 97.0. The molecule has 142 heavy (non-hydrogen) atoms. The summed E-state index contributed by atoms with van der Waals surface area (Å²) in [6.45, 7) is 59.6. The molecule has 0 aliphatic heterocycles. The Hall–Kier alpha value is -7.40. The summed E-state index contributed by atoms with van der Waals surface area (Å²) in [6, 6.07) is 64.1. The number of unbranched alkanes of at least 4 members (excludes halogenated alkanes) is 2. The summed E-state index contributed by atoms with van der Waals surface area (Å²) in [6.07, 6.45) is 15.5. The molecule has 2 unspecified atom stereocenters. The lowest BCUT2D eigenvalue weighted by atomic mass is 10.2. The van der Waals surface area contributed by atoms with E-state index in [0.717, 1.165) is 149 Å². The van der Waals surface area contributed by atoms with Gasteiger partial charge in [0, 0.05) is 25.5 Å². The molecule has 2 atom stereocenters. The Morgan fingerprint density at radius 1 is 0.204 bits per heavy atom. The SMILES string of the molecule is CBr.CBr.CCCC[N+](CC)(CCC)CCOC(=O)c1ccccc1.CCCC[N+](CC)(CCC)CCOC(=O)c1ccccc1.CCC[N+](CC)(CCC)CCOC(=O)c1ccccc1.CC[N+](CC)(CC)CCOC(=O)c1ccccc1.CC[N+](CC)(CC)CCOC(=O)c1ccccc1.CCl.CCl.CCl.CCl.CF.C[N+](C)(C)CCOC(=O)c1ccccc1.C[N+](C)(C)CCOC(=O)c1ccccc1.